The van der Waals surface area contributed by atoms with Gasteiger partial charge in [-0.25, -0.2) is 0 Å². The van der Waals surface area contributed by atoms with Crippen molar-refractivity contribution in [3.8, 4) is 5.75 Å². The number of hydrogen-bond donors (Lipinski definition) is 1. The van der Waals surface area contributed by atoms with E-state index in [9.17, 15) is 5.11 Å². The summed E-state index contributed by atoms with van der Waals surface area (Å²) >= 11 is 0. The van der Waals surface area contributed by atoms with Gasteiger partial charge in [-0.2, -0.15) is 0 Å². The first kappa shape index (κ1) is 10.5. The Balaban J connectivity index is 2.47. The van der Waals surface area contributed by atoms with Gasteiger partial charge in [-0.1, -0.05) is 13.0 Å². The smallest absolute Gasteiger partial charge is 0.124 e. The molecule has 82 valence electrons. The quantitative estimate of drug-likeness (QED) is 0.765. The van der Waals surface area contributed by atoms with Gasteiger partial charge in [0.2, 0.25) is 0 Å². The molecule has 2 nitrogen and oxygen atoms in total. The van der Waals surface area contributed by atoms with Crippen LogP contribution in [0.15, 0.2) is 6.07 Å². The third-order valence-electron chi connectivity index (χ3n) is 3.28. The number of phenols is 1. The maximum atomic E-state index is 9.95. The highest BCUT2D eigenvalue weighted by molar-refractivity contribution is 5.49. The SMILES string of the molecule is CCC1Cc2c(C)cc(C)c(O)c2CO1. The molecule has 0 aromatic heterocycles. The lowest BCUT2D eigenvalue weighted by atomic mass is 9.91. The van der Waals surface area contributed by atoms with Crippen molar-refractivity contribution < 1.29 is 9.84 Å². The van der Waals surface area contributed by atoms with E-state index in [1.807, 2.05) is 6.92 Å². The molecule has 0 amide bonds. The van der Waals surface area contributed by atoms with Crippen LogP contribution in [-0.4, -0.2) is 11.2 Å². The first-order valence-electron chi connectivity index (χ1n) is 5.56. The topological polar surface area (TPSA) is 29.5 Å². The highest BCUT2D eigenvalue weighted by Crippen LogP contribution is 2.34. The number of rotatable bonds is 1. The Morgan fingerprint density at radius 1 is 1.33 bits per heavy atom. The zero-order valence-corrected chi connectivity index (χ0v) is 9.63. The summed E-state index contributed by atoms with van der Waals surface area (Å²) in [6.07, 6.45) is 2.29. The second-order valence-electron chi connectivity index (χ2n) is 4.36. The molecular formula is C13H18O2. The summed E-state index contributed by atoms with van der Waals surface area (Å²) in [5.41, 5.74) is 4.51. The predicted octanol–water partition coefficient (Wildman–Crippen LogP) is 2.86. The number of aryl methyl sites for hydroxylation is 2. The Morgan fingerprint density at radius 3 is 2.73 bits per heavy atom. The normalized spacial score (nSPS) is 20.1. The van der Waals surface area contributed by atoms with Crippen LogP contribution < -0.4 is 0 Å². The molecule has 1 atom stereocenters. The van der Waals surface area contributed by atoms with Gasteiger partial charge in [-0.3, -0.25) is 0 Å². The first-order chi connectivity index (χ1) is 7.13. The van der Waals surface area contributed by atoms with Crippen molar-refractivity contribution in [2.24, 2.45) is 0 Å². The van der Waals surface area contributed by atoms with Crippen molar-refractivity contribution in [3.63, 3.8) is 0 Å². The maximum absolute atomic E-state index is 9.95. The molecule has 0 radical (unpaired) electrons. The van der Waals surface area contributed by atoms with Gasteiger partial charge in [0, 0.05) is 5.56 Å². The third-order valence-corrected chi connectivity index (χ3v) is 3.28. The summed E-state index contributed by atoms with van der Waals surface area (Å²) in [6.45, 7) is 6.75. The summed E-state index contributed by atoms with van der Waals surface area (Å²) in [6, 6.07) is 2.06. The molecule has 15 heavy (non-hydrogen) atoms. The largest absolute Gasteiger partial charge is 0.507 e. The minimum atomic E-state index is 0.318. The van der Waals surface area contributed by atoms with Crippen LogP contribution in [0, 0.1) is 13.8 Å². The first-order valence-corrected chi connectivity index (χ1v) is 5.56. The van der Waals surface area contributed by atoms with Crippen molar-refractivity contribution in [2.75, 3.05) is 0 Å². The van der Waals surface area contributed by atoms with E-state index in [0.29, 0.717) is 18.5 Å². The van der Waals surface area contributed by atoms with Crippen molar-refractivity contribution in [1.29, 1.82) is 0 Å². The second kappa shape index (κ2) is 3.86. The molecule has 1 heterocycles. The molecule has 0 bridgehead atoms. The van der Waals surface area contributed by atoms with E-state index in [2.05, 4.69) is 19.9 Å². The molecule has 1 unspecified atom stereocenters. The summed E-state index contributed by atoms with van der Waals surface area (Å²) < 4.78 is 5.68. The zero-order chi connectivity index (χ0) is 11.0. The molecule has 0 saturated heterocycles. The van der Waals surface area contributed by atoms with Crippen molar-refractivity contribution in [1.82, 2.24) is 0 Å². The molecule has 0 saturated carbocycles. The van der Waals surface area contributed by atoms with Crippen LogP contribution in [-0.2, 0) is 17.8 Å². The van der Waals surface area contributed by atoms with E-state index < -0.39 is 0 Å². The van der Waals surface area contributed by atoms with Crippen LogP contribution in [0.3, 0.4) is 0 Å². The average molecular weight is 206 g/mol. The lowest BCUT2D eigenvalue weighted by molar-refractivity contribution is 0.0249. The molecular weight excluding hydrogens is 188 g/mol. The summed E-state index contributed by atoms with van der Waals surface area (Å²) in [5.74, 6) is 0.421. The van der Waals surface area contributed by atoms with Gasteiger partial charge in [0.1, 0.15) is 5.75 Å². The Labute approximate surface area is 90.9 Å². The monoisotopic (exact) mass is 206 g/mol. The minimum absolute atomic E-state index is 0.318. The van der Waals surface area contributed by atoms with E-state index in [1.165, 1.54) is 11.1 Å². The van der Waals surface area contributed by atoms with Crippen LogP contribution in [0.4, 0.5) is 0 Å². The number of benzene rings is 1. The van der Waals surface area contributed by atoms with Crippen LogP contribution in [0.1, 0.15) is 35.6 Å². The highest BCUT2D eigenvalue weighted by atomic mass is 16.5. The molecule has 1 aliphatic rings. The Hall–Kier alpha value is -1.02. The van der Waals surface area contributed by atoms with E-state index in [-0.39, 0.29) is 0 Å². The van der Waals surface area contributed by atoms with Gasteiger partial charge in [-0.15, -0.1) is 0 Å². The number of aromatic hydroxyl groups is 1. The fraction of sp³-hybridized carbons (Fsp3) is 0.538. The maximum Gasteiger partial charge on any atom is 0.124 e. The predicted molar refractivity (Wildman–Crippen MR) is 60.2 cm³/mol. The summed E-state index contributed by atoms with van der Waals surface area (Å²) in [7, 11) is 0. The molecule has 1 aromatic carbocycles. The summed E-state index contributed by atoms with van der Waals surface area (Å²) in [5, 5.41) is 9.95. The Bertz CT molecular complexity index is 383. The van der Waals surface area contributed by atoms with Crippen LogP contribution in [0.2, 0.25) is 0 Å². The fourth-order valence-electron chi connectivity index (χ4n) is 2.29. The number of fused-ring (bicyclic) bond motifs is 1. The lowest BCUT2D eigenvalue weighted by Gasteiger charge is -2.27. The van der Waals surface area contributed by atoms with Crippen LogP contribution in [0.25, 0.3) is 0 Å². The van der Waals surface area contributed by atoms with Crippen LogP contribution >= 0.6 is 0 Å². The van der Waals surface area contributed by atoms with Gasteiger partial charge < -0.3 is 9.84 Å². The fourth-order valence-corrected chi connectivity index (χ4v) is 2.29. The van der Waals surface area contributed by atoms with Gasteiger partial charge in [0.15, 0.2) is 0 Å². The Kier molecular flexibility index (Phi) is 2.70. The van der Waals surface area contributed by atoms with Gasteiger partial charge in [-0.05, 0) is 43.4 Å². The molecule has 2 rings (SSSR count). The standard InChI is InChI=1S/C13H18O2/c1-4-10-6-11-8(2)5-9(3)13(14)12(11)7-15-10/h5,10,14H,4,6-7H2,1-3H3. The molecule has 1 N–H and O–H groups in total. The number of ether oxygens (including phenoxy) is 1. The van der Waals surface area contributed by atoms with Gasteiger partial charge >= 0.3 is 0 Å². The average Bonchev–Trinajstić information content (AvgIpc) is 2.25. The molecule has 1 aromatic rings. The molecule has 1 aliphatic heterocycles. The second-order valence-corrected chi connectivity index (χ2v) is 4.36. The van der Waals surface area contributed by atoms with Crippen molar-refractivity contribution in [3.05, 3.63) is 28.3 Å². The number of hydrogen-bond acceptors (Lipinski definition) is 2. The summed E-state index contributed by atoms with van der Waals surface area (Å²) in [4.78, 5) is 0. The van der Waals surface area contributed by atoms with E-state index in [0.717, 1.165) is 24.0 Å². The van der Waals surface area contributed by atoms with Crippen LogP contribution in [0.5, 0.6) is 5.75 Å². The van der Waals surface area contributed by atoms with Crippen molar-refractivity contribution in [2.45, 2.75) is 46.3 Å². The molecule has 0 aliphatic carbocycles. The molecule has 0 fully saturated rings. The third kappa shape index (κ3) is 1.74. The van der Waals surface area contributed by atoms with Gasteiger partial charge in [0.25, 0.3) is 0 Å². The van der Waals surface area contributed by atoms with Crippen molar-refractivity contribution >= 4 is 0 Å². The van der Waals surface area contributed by atoms with E-state index in [4.69, 9.17) is 4.74 Å². The lowest BCUT2D eigenvalue weighted by Crippen LogP contribution is -2.22. The number of phenolic OH excluding ortho intramolecular Hbond substituents is 1. The van der Waals surface area contributed by atoms with E-state index >= 15 is 0 Å². The molecule has 0 spiro atoms. The molecule has 2 heteroatoms. The van der Waals surface area contributed by atoms with E-state index in [1.54, 1.807) is 0 Å². The Morgan fingerprint density at radius 2 is 2.07 bits per heavy atom. The minimum Gasteiger partial charge on any atom is -0.507 e. The zero-order valence-electron chi connectivity index (χ0n) is 9.63. The van der Waals surface area contributed by atoms with Gasteiger partial charge in [0.05, 0.1) is 12.7 Å². The highest BCUT2D eigenvalue weighted by Gasteiger charge is 2.22.